The topological polar surface area (TPSA) is 86.8 Å². The number of nitrogens with one attached hydrogen (secondary N) is 1. The predicted molar refractivity (Wildman–Crippen MR) is 133 cm³/mol. The molecule has 2 amide bonds. The monoisotopic (exact) mass is 477 g/mol. The second-order valence-electron chi connectivity index (χ2n) is 8.57. The van der Waals surface area contributed by atoms with Gasteiger partial charge in [-0.2, -0.15) is 0 Å². The number of para-hydroxylation sites is 1. The summed E-state index contributed by atoms with van der Waals surface area (Å²) in [5.74, 6) is -0.513. The van der Waals surface area contributed by atoms with E-state index in [2.05, 4.69) is 5.32 Å². The van der Waals surface area contributed by atoms with Gasteiger partial charge in [0.05, 0.1) is 4.90 Å². The van der Waals surface area contributed by atoms with Crippen LogP contribution in [0.25, 0.3) is 0 Å². The smallest absolute Gasteiger partial charge is 0.258 e. The number of nitrogens with zero attached hydrogens (tertiary/aromatic N) is 2. The van der Waals surface area contributed by atoms with Gasteiger partial charge in [0.25, 0.3) is 11.8 Å². The fourth-order valence-electron chi connectivity index (χ4n) is 4.03. The Kier molecular flexibility index (Phi) is 6.29. The number of amides is 2. The first-order valence-electron chi connectivity index (χ1n) is 10.9. The maximum atomic E-state index is 13.0. The zero-order chi connectivity index (χ0) is 24.6. The van der Waals surface area contributed by atoms with Crippen LogP contribution >= 0.6 is 0 Å². The number of fused-ring (bicyclic) bond motifs is 1. The summed E-state index contributed by atoms with van der Waals surface area (Å²) in [7, 11) is -0.775. The second-order valence-corrected chi connectivity index (χ2v) is 10.7. The average Bonchev–Trinajstić information content (AvgIpc) is 3.24. The molecule has 0 bridgehead atoms. The van der Waals surface area contributed by atoms with Crippen molar-refractivity contribution in [2.75, 3.05) is 30.9 Å². The van der Waals surface area contributed by atoms with Crippen molar-refractivity contribution < 1.29 is 18.0 Å². The fraction of sp³-hybridized carbons (Fsp3) is 0.231. The van der Waals surface area contributed by atoms with Gasteiger partial charge in [-0.15, -0.1) is 0 Å². The molecule has 0 saturated heterocycles. The highest BCUT2D eigenvalue weighted by Crippen LogP contribution is 2.29. The van der Waals surface area contributed by atoms with Crippen molar-refractivity contribution in [3.63, 3.8) is 0 Å². The molecule has 4 rings (SSSR count). The molecule has 1 N–H and O–H groups in total. The van der Waals surface area contributed by atoms with Crippen molar-refractivity contribution in [2.45, 2.75) is 25.2 Å². The minimum Gasteiger partial charge on any atom is -0.322 e. The first kappa shape index (κ1) is 23.7. The van der Waals surface area contributed by atoms with Gasteiger partial charge in [0.1, 0.15) is 0 Å². The number of benzene rings is 3. The van der Waals surface area contributed by atoms with Crippen LogP contribution in [-0.4, -0.2) is 45.2 Å². The van der Waals surface area contributed by atoms with Crippen LogP contribution in [0.5, 0.6) is 0 Å². The van der Waals surface area contributed by atoms with E-state index in [4.69, 9.17) is 0 Å². The molecular formula is C26H27N3O4S. The van der Waals surface area contributed by atoms with Crippen LogP contribution in [0.4, 0.5) is 11.4 Å². The van der Waals surface area contributed by atoms with Crippen LogP contribution in [0.1, 0.15) is 37.4 Å². The number of aryl methyl sites for hydroxylation is 1. The maximum absolute atomic E-state index is 13.0. The Labute approximate surface area is 200 Å². The highest BCUT2D eigenvalue weighted by atomic mass is 32.2. The van der Waals surface area contributed by atoms with Crippen LogP contribution in [-0.2, 0) is 16.4 Å². The summed E-state index contributed by atoms with van der Waals surface area (Å²) in [6, 6.07) is 17.6. The van der Waals surface area contributed by atoms with Gasteiger partial charge in [-0.25, -0.2) is 12.7 Å². The number of hydrogen-bond donors (Lipinski definition) is 1. The molecule has 0 fully saturated rings. The van der Waals surface area contributed by atoms with E-state index in [-0.39, 0.29) is 16.4 Å². The normalized spacial score (nSPS) is 13.1. The molecule has 0 radical (unpaired) electrons. The molecule has 1 aliphatic rings. The van der Waals surface area contributed by atoms with Crippen LogP contribution in [0, 0.1) is 13.8 Å². The Morgan fingerprint density at radius 1 is 0.941 bits per heavy atom. The number of carbonyl (C=O) groups is 2. The summed E-state index contributed by atoms with van der Waals surface area (Å²) in [6.07, 6.45) is 0.831. The SMILES string of the molecule is Cc1cc(C(=O)Nc2ccc(C(=O)N3CCc4ccccc43)cc2)cc(S(=O)(=O)N(C)C)c1C. The van der Waals surface area contributed by atoms with Gasteiger partial charge in [-0.3, -0.25) is 9.59 Å². The van der Waals surface area contributed by atoms with Crippen LogP contribution in [0.2, 0.25) is 0 Å². The van der Waals surface area contributed by atoms with Crippen molar-refractivity contribution in [1.29, 1.82) is 0 Å². The van der Waals surface area contributed by atoms with E-state index in [1.54, 1.807) is 49.1 Å². The summed E-state index contributed by atoms with van der Waals surface area (Å²) in [4.78, 5) is 27.8. The third kappa shape index (κ3) is 4.34. The van der Waals surface area contributed by atoms with Crippen LogP contribution in [0.15, 0.2) is 65.6 Å². The molecule has 176 valence electrons. The van der Waals surface area contributed by atoms with Gasteiger partial charge in [0, 0.05) is 43.1 Å². The first-order valence-corrected chi connectivity index (χ1v) is 12.4. The van der Waals surface area contributed by atoms with E-state index in [1.807, 2.05) is 24.3 Å². The quantitative estimate of drug-likeness (QED) is 0.602. The van der Waals surface area contributed by atoms with E-state index in [9.17, 15) is 18.0 Å². The summed E-state index contributed by atoms with van der Waals surface area (Å²) < 4.78 is 26.5. The minimum absolute atomic E-state index is 0.0875. The van der Waals surface area contributed by atoms with Crippen molar-refractivity contribution in [3.8, 4) is 0 Å². The fourth-order valence-corrected chi connectivity index (χ4v) is 5.24. The lowest BCUT2D eigenvalue weighted by molar-refractivity contribution is 0.0988. The van der Waals surface area contributed by atoms with Gasteiger partial charge < -0.3 is 10.2 Å². The van der Waals surface area contributed by atoms with E-state index >= 15 is 0 Å². The molecule has 3 aromatic rings. The molecular weight excluding hydrogens is 450 g/mol. The number of carbonyl (C=O) groups excluding carboxylic acids is 2. The molecule has 0 unspecified atom stereocenters. The molecule has 34 heavy (non-hydrogen) atoms. The van der Waals surface area contributed by atoms with Gasteiger partial charge in [0.2, 0.25) is 10.0 Å². The molecule has 8 heteroatoms. The number of hydrogen-bond acceptors (Lipinski definition) is 4. The highest BCUT2D eigenvalue weighted by molar-refractivity contribution is 7.89. The Morgan fingerprint density at radius 3 is 2.29 bits per heavy atom. The lowest BCUT2D eigenvalue weighted by Crippen LogP contribution is -2.28. The second kappa shape index (κ2) is 9.04. The average molecular weight is 478 g/mol. The molecule has 0 saturated carbocycles. The van der Waals surface area contributed by atoms with Crippen molar-refractivity contribution in [2.24, 2.45) is 0 Å². The van der Waals surface area contributed by atoms with Crippen molar-refractivity contribution in [3.05, 3.63) is 88.5 Å². The zero-order valence-electron chi connectivity index (χ0n) is 19.6. The molecule has 0 aromatic heterocycles. The Hall–Kier alpha value is -3.49. The largest absolute Gasteiger partial charge is 0.322 e. The van der Waals surface area contributed by atoms with Gasteiger partial charge >= 0.3 is 0 Å². The molecule has 7 nitrogen and oxygen atoms in total. The summed E-state index contributed by atoms with van der Waals surface area (Å²) >= 11 is 0. The summed E-state index contributed by atoms with van der Waals surface area (Å²) in [5, 5.41) is 2.79. The standard InChI is InChI=1S/C26H27N3O4S/c1-17-15-21(16-24(18(17)2)34(32,33)28(3)4)25(30)27-22-11-9-20(10-12-22)26(31)29-14-13-19-7-5-6-8-23(19)29/h5-12,15-16H,13-14H2,1-4H3,(H,27,30). The Morgan fingerprint density at radius 2 is 1.62 bits per heavy atom. The summed E-state index contributed by atoms with van der Waals surface area (Å²) in [5.41, 5.74) is 4.69. The van der Waals surface area contributed by atoms with Gasteiger partial charge in [-0.1, -0.05) is 18.2 Å². The lowest BCUT2D eigenvalue weighted by atomic mass is 10.1. The molecule has 3 aromatic carbocycles. The van der Waals surface area contributed by atoms with E-state index < -0.39 is 15.9 Å². The third-order valence-electron chi connectivity index (χ3n) is 6.16. The summed E-state index contributed by atoms with van der Waals surface area (Å²) in [6.45, 7) is 4.14. The van der Waals surface area contributed by atoms with Crippen LogP contribution in [0.3, 0.4) is 0 Å². The minimum atomic E-state index is -3.69. The molecule has 0 spiro atoms. The third-order valence-corrected chi connectivity index (χ3v) is 8.10. The molecule has 0 atom stereocenters. The molecule has 1 heterocycles. The molecule has 1 aliphatic heterocycles. The van der Waals surface area contributed by atoms with E-state index in [0.29, 0.717) is 28.9 Å². The molecule has 0 aliphatic carbocycles. The van der Waals surface area contributed by atoms with E-state index in [1.165, 1.54) is 20.2 Å². The first-order chi connectivity index (χ1) is 16.1. The number of rotatable bonds is 5. The van der Waals surface area contributed by atoms with Gasteiger partial charge in [-0.05, 0) is 79.4 Å². The van der Waals surface area contributed by atoms with Crippen LogP contribution < -0.4 is 10.2 Å². The lowest BCUT2D eigenvalue weighted by Gasteiger charge is -2.18. The Bertz CT molecular complexity index is 1380. The number of sulfonamides is 1. The van der Waals surface area contributed by atoms with Crippen molar-refractivity contribution >= 4 is 33.2 Å². The van der Waals surface area contributed by atoms with E-state index in [0.717, 1.165) is 22.0 Å². The maximum Gasteiger partial charge on any atom is 0.258 e. The predicted octanol–water partition coefficient (Wildman–Crippen LogP) is 4.01. The number of anilines is 2. The van der Waals surface area contributed by atoms with Gasteiger partial charge in [0.15, 0.2) is 0 Å². The van der Waals surface area contributed by atoms with Crippen molar-refractivity contribution in [1.82, 2.24) is 4.31 Å². The highest BCUT2D eigenvalue weighted by Gasteiger charge is 2.25. The Balaban J connectivity index is 1.53. The zero-order valence-corrected chi connectivity index (χ0v) is 20.4.